The van der Waals surface area contributed by atoms with E-state index < -0.39 is 40.1 Å². The van der Waals surface area contributed by atoms with Gasteiger partial charge in [-0.25, -0.2) is 9.59 Å². The predicted molar refractivity (Wildman–Crippen MR) is 139 cm³/mol. The van der Waals surface area contributed by atoms with Crippen LogP contribution in [0.5, 0.6) is 0 Å². The first-order chi connectivity index (χ1) is 19.2. The minimum atomic E-state index is -0.755. The number of benzene rings is 2. The lowest BCUT2D eigenvalue weighted by Gasteiger charge is -2.38. The Balaban J connectivity index is 1.28. The van der Waals surface area contributed by atoms with Crippen LogP contribution in [0.1, 0.15) is 46.9 Å². The highest BCUT2D eigenvalue weighted by Crippen LogP contribution is 2.64. The molecule has 1 saturated carbocycles. The number of nitro benzene ring substituents is 2. The van der Waals surface area contributed by atoms with Gasteiger partial charge in [-0.05, 0) is 61.1 Å². The molecule has 1 spiro atoms. The van der Waals surface area contributed by atoms with E-state index in [0.29, 0.717) is 6.42 Å². The number of carbonyl (C=O) groups excluding carboxylic acids is 2. The van der Waals surface area contributed by atoms with Crippen molar-refractivity contribution in [2.24, 2.45) is 17.3 Å². The van der Waals surface area contributed by atoms with Gasteiger partial charge in [-0.3, -0.25) is 20.2 Å². The summed E-state index contributed by atoms with van der Waals surface area (Å²) >= 11 is 0. The van der Waals surface area contributed by atoms with E-state index in [9.17, 15) is 29.8 Å². The summed E-state index contributed by atoms with van der Waals surface area (Å²) in [6, 6.07) is 10.5. The molecule has 2 aliphatic carbocycles. The number of non-ortho nitro benzene ring substituents is 2. The Morgan fingerprint density at radius 1 is 0.925 bits per heavy atom. The molecule has 0 aromatic heterocycles. The number of esters is 2. The number of allylic oxidation sites excluding steroid dienone is 1. The van der Waals surface area contributed by atoms with Gasteiger partial charge in [0.05, 0.1) is 27.1 Å². The zero-order chi connectivity index (χ0) is 28.2. The second-order valence-electron chi connectivity index (χ2n) is 10.8. The molecule has 2 bridgehead atoms. The molecule has 40 heavy (non-hydrogen) atoms. The summed E-state index contributed by atoms with van der Waals surface area (Å²) in [6.07, 6.45) is 6.17. The Morgan fingerprint density at radius 2 is 1.50 bits per heavy atom. The smallest absolute Gasteiger partial charge is 0.338 e. The van der Waals surface area contributed by atoms with Crippen molar-refractivity contribution in [3.63, 3.8) is 0 Å². The highest BCUT2D eigenvalue weighted by Gasteiger charge is 2.68. The summed E-state index contributed by atoms with van der Waals surface area (Å²) in [7, 11) is 0. The van der Waals surface area contributed by atoms with Crippen molar-refractivity contribution in [1.29, 1.82) is 0 Å². The van der Waals surface area contributed by atoms with Gasteiger partial charge >= 0.3 is 11.9 Å². The molecule has 1 saturated heterocycles. The van der Waals surface area contributed by atoms with Gasteiger partial charge < -0.3 is 14.2 Å². The molecule has 2 heterocycles. The minimum absolute atomic E-state index is 0.120. The standard InChI is InChI=1S/C29H26N2O9/c1-16-3-2-4-19-15-23(39-28(33)18-7-11-21(12-8-18)31(36)37)25-24-22(13-14-29(16,24)26(19)40-25)38-27(32)17-5-9-20(10-6-17)30(34)35/h2,4-12,15-16,22-26H,3,13-14H2,1H3/t16-,22+,23-,24-,25-,26-,29-/m1/s1. The number of nitro groups is 2. The lowest BCUT2D eigenvalue weighted by atomic mass is 9.64. The highest BCUT2D eigenvalue weighted by atomic mass is 16.6. The third-order valence-corrected chi connectivity index (χ3v) is 8.85. The van der Waals surface area contributed by atoms with E-state index in [1.54, 1.807) is 0 Å². The van der Waals surface area contributed by atoms with Crippen LogP contribution >= 0.6 is 0 Å². The zero-order valence-electron chi connectivity index (χ0n) is 21.5. The molecule has 0 unspecified atom stereocenters. The lowest BCUT2D eigenvalue weighted by Crippen LogP contribution is -2.44. The van der Waals surface area contributed by atoms with Gasteiger partial charge in [-0.15, -0.1) is 0 Å². The number of rotatable bonds is 6. The van der Waals surface area contributed by atoms with Crippen LogP contribution in [0.4, 0.5) is 11.4 Å². The van der Waals surface area contributed by atoms with Crippen molar-refractivity contribution in [3.8, 4) is 0 Å². The second kappa shape index (κ2) is 9.67. The molecule has 0 N–H and O–H groups in total. The van der Waals surface area contributed by atoms with Gasteiger partial charge in [0.15, 0.2) is 0 Å². The maximum absolute atomic E-state index is 13.1. The van der Waals surface area contributed by atoms with Crippen LogP contribution in [0.15, 0.2) is 72.3 Å². The quantitative estimate of drug-likeness (QED) is 0.279. The van der Waals surface area contributed by atoms with Crippen LogP contribution in [0, 0.1) is 37.5 Å². The normalized spacial score (nSPS) is 31.5. The first kappa shape index (κ1) is 25.9. The van der Waals surface area contributed by atoms with Gasteiger partial charge in [-0.1, -0.05) is 19.1 Å². The van der Waals surface area contributed by atoms with Gasteiger partial charge in [0.2, 0.25) is 0 Å². The summed E-state index contributed by atoms with van der Waals surface area (Å²) in [6.45, 7) is 2.17. The summed E-state index contributed by atoms with van der Waals surface area (Å²) in [5.74, 6) is -1.26. The summed E-state index contributed by atoms with van der Waals surface area (Å²) in [4.78, 5) is 47.1. The van der Waals surface area contributed by atoms with Crippen molar-refractivity contribution in [2.75, 3.05) is 0 Å². The first-order valence-electron chi connectivity index (χ1n) is 13.1. The van der Waals surface area contributed by atoms with E-state index in [-0.39, 0.29) is 45.9 Å². The van der Waals surface area contributed by atoms with Crippen molar-refractivity contribution in [2.45, 2.75) is 50.6 Å². The molecule has 4 aliphatic rings. The Morgan fingerprint density at radius 3 is 2.08 bits per heavy atom. The van der Waals surface area contributed by atoms with Crippen molar-refractivity contribution in [1.82, 2.24) is 0 Å². The topological polar surface area (TPSA) is 148 Å². The SMILES string of the molecule is C[C@@H]1CC=CC2=C[C@@H](OC(=O)c3ccc([N+](=O)[O-])cc3)[C@H]3O[C@H]2[C@]12CC[C@H](OC(=O)c1ccc([N+](=O)[O-])cc1)[C@H]32. The number of ether oxygens (including phenoxy) is 3. The monoisotopic (exact) mass is 546 g/mol. The zero-order valence-corrected chi connectivity index (χ0v) is 21.5. The fourth-order valence-electron chi connectivity index (χ4n) is 6.99. The number of fused-ring (bicyclic) bond motifs is 2. The number of carbonyl (C=O) groups is 2. The van der Waals surface area contributed by atoms with Gasteiger partial charge in [0, 0.05) is 35.6 Å². The molecule has 11 nitrogen and oxygen atoms in total. The van der Waals surface area contributed by atoms with Crippen molar-refractivity contribution < 1.29 is 33.6 Å². The van der Waals surface area contributed by atoms with E-state index in [2.05, 4.69) is 13.0 Å². The van der Waals surface area contributed by atoms with E-state index >= 15 is 0 Å². The average molecular weight is 547 g/mol. The molecular weight excluding hydrogens is 520 g/mol. The predicted octanol–water partition coefficient (Wildman–Crippen LogP) is 4.95. The molecule has 2 aliphatic heterocycles. The molecule has 0 amide bonds. The molecule has 6 rings (SSSR count). The number of nitrogens with zero attached hydrogens (tertiary/aromatic N) is 2. The van der Waals surface area contributed by atoms with Crippen LogP contribution < -0.4 is 0 Å². The Hall–Kier alpha value is -4.38. The Bertz CT molecular complexity index is 1450. The third-order valence-electron chi connectivity index (χ3n) is 8.85. The molecule has 11 heteroatoms. The molecule has 2 aromatic rings. The molecule has 2 fully saturated rings. The maximum atomic E-state index is 13.1. The Kier molecular flexibility index (Phi) is 6.25. The number of hydrogen-bond acceptors (Lipinski definition) is 9. The van der Waals surface area contributed by atoms with E-state index in [4.69, 9.17) is 14.2 Å². The summed E-state index contributed by atoms with van der Waals surface area (Å²) in [5, 5.41) is 22.0. The average Bonchev–Trinajstić information content (AvgIpc) is 3.42. The number of hydrogen-bond donors (Lipinski definition) is 0. The molecule has 206 valence electrons. The second-order valence-corrected chi connectivity index (χ2v) is 10.8. The molecular formula is C29H26N2O9. The van der Waals surface area contributed by atoms with E-state index in [0.717, 1.165) is 18.4 Å². The van der Waals surface area contributed by atoms with E-state index in [1.165, 1.54) is 48.5 Å². The largest absolute Gasteiger partial charge is 0.458 e. The maximum Gasteiger partial charge on any atom is 0.338 e. The van der Waals surface area contributed by atoms with Crippen LogP contribution in [0.3, 0.4) is 0 Å². The van der Waals surface area contributed by atoms with Crippen molar-refractivity contribution >= 4 is 23.3 Å². The minimum Gasteiger partial charge on any atom is -0.458 e. The van der Waals surface area contributed by atoms with Gasteiger partial charge in [0.25, 0.3) is 11.4 Å². The Labute approximate surface area is 228 Å². The molecule has 2 aromatic carbocycles. The first-order valence-corrected chi connectivity index (χ1v) is 13.1. The molecule has 7 atom stereocenters. The van der Waals surface area contributed by atoms with Crippen molar-refractivity contribution in [3.05, 3.63) is 104 Å². The fourth-order valence-corrected chi connectivity index (χ4v) is 6.99. The van der Waals surface area contributed by atoms with Crippen LogP contribution in [0.2, 0.25) is 0 Å². The van der Waals surface area contributed by atoms with Gasteiger partial charge in [0.1, 0.15) is 18.3 Å². The lowest BCUT2D eigenvalue weighted by molar-refractivity contribution is -0.385. The fraction of sp³-hybridized carbons (Fsp3) is 0.379. The highest BCUT2D eigenvalue weighted by molar-refractivity contribution is 5.90. The van der Waals surface area contributed by atoms with Crippen LogP contribution in [-0.2, 0) is 14.2 Å². The van der Waals surface area contributed by atoms with Crippen LogP contribution in [-0.4, -0.2) is 46.2 Å². The van der Waals surface area contributed by atoms with Crippen LogP contribution in [0.25, 0.3) is 0 Å². The van der Waals surface area contributed by atoms with E-state index in [1.807, 2.05) is 12.2 Å². The van der Waals surface area contributed by atoms with Gasteiger partial charge in [-0.2, -0.15) is 0 Å². The molecule has 0 radical (unpaired) electrons. The summed E-state index contributed by atoms with van der Waals surface area (Å²) < 4.78 is 18.5. The summed E-state index contributed by atoms with van der Waals surface area (Å²) in [5.41, 5.74) is 0.736. The third kappa shape index (κ3) is 4.08.